The van der Waals surface area contributed by atoms with Gasteiger partial charge in [-0.05, 0) is 25.5 Å². The lowest BCUT2D eigenvalue weighted by atomic mass is 9.91. The molecule has 1 aliphatic rings. The summed E-state index contributed by atoms with van der Waals surface area (Å²) in [5, 5.41) is 0. The van der Waals surface area contributed by atoms with Gasteiger partial charge in [-0.3, -0.25) is 9.69 Å². The maximum Gasteiger partial charge on any atom is 0.224 e. The molecular formula is C18H27FN2O3. The fourth-order valence-electron chi connectivity index (χ4n) is 3.41. The van der Waals surface area contributed by atoms with Gasteiger partial charge in [-0.25, -0.2) is 4.39 Å². The monoisotopic (exact) mass is 338 g/mol. The first-order valence-corrected chi connectivity index (χ1v) is 8.19. The Kier molecular flexibility index (Phi) is 6.18. The van der Waals surface area contributed by atoms with E-state index in [2.05, 4.69) is 4.90 Å². The summed E-state index contributed by atoms with van der Waals surface area (Å²) in [4.78, 5) is 16.1. The van der Waals surface area contributed by atoms with Gasteiger partial charge in [0.05, 0.1) is 19.3 Å². The van der Waals surface area contributed by atoms with Gasteiger partial charge in [-0.15, -0.1) is 0 Å². The maximum absolute atomic E-state index is 14.5. The van der Waals surface area contributed by atoms with Crippen LogP contribution in [0.2, 0.25) is 0 Å². The predicted octanol–water partition coefficient (Wildman–Crippen LogP) is 2.29. The molecule has 1 amide bonds. The SMILES string of the molecule is COC[C@]1(CC(=O)N(C)C)CCCN1Cc1cccc(OC)c1F. The van der Waals surface area contributed by atoms with Crippen LogP contribution in [0, 0.1) is 5.82 Å². The van der Waals surface area contributed by atoms with Gasteiger partial charge in [0.15, 0.2) is 11.6 Å². The maximum atomic E-state index is 14.5. The van der Waals surface area contributed by atoms with Crippen molar-refractivity contribution in [2.45, 2.75) is 31.3 Å². The number of hydrogen-bond acceptors (Lipinski definition) is 4. The minimum atomic E-state index is -0.383. The molecule has 0 aromatic heterocycles. The van der Waals surface area contributed by atoms with E-state index in [0.717, 1.165) is 19.4 Å². The van der Waals surface area contributed by atoms with Gasteiger partial charge in [0, 0.05) is 39.7 Å². The van der Waals surface area contributed by atoms with Gasteiger partial charge in [-0.1, -0.05) is 12.1 Å². The molecule has 6 heteroatoms. The first-order chi connectivity index (χ1) is 11.4. The molecule has 1 heterocycles. The van der Waals surface area contributed by atoms with Crippen molar-refractivity contribution in [3.63, 3.8) is 0 Å². The number of hydrogen-bond donors (Lipinski definition) is 0. The van der Waals surface area contributed by atoms with E-state index in [9.17, 15) is 9.18 Å². The second-order valence-corrected chi connectivity index (χ2v) is 6.58. The number of amides is 1. The third kappa shape index (κ3) is 3.87. The van der Waals surface area contributed by atoms with E-state index >= 15 is 0 Å². The molecule has 1 aromatic rings. The van der Waals surface area contributed by atoms with Crippen molar-refractivity contribution in [1.82, 2.24) is 9.80 Å². The number of benzene rings is 1. The van der Waals surface area contributed by atoms with Crippen molar-refractivity contribution >= 4 is 5.91 Å². The van der Waals surface area contributed by atoms with Crippen molar-refractivity contribution in [2.24, 2.45) is 0 Å². The molecular weight excluding hydrogens is 311 g/mol. The van der Waals surface area contributed by atoms with Crippen LogP contribution in [-0.4, -0.2) is 62.7 Å². The molecule has 24 heavy (non-hydrogen) atoms. The molecule has 5 nitrogen and oxygen atoms in total. The molecule has 0 N–H and O–H groups in total. The fraction of sp³-hybridized carbons (Fsp3) is 0.611. The van der Waals surface area contributed by atoms with Crippen molar-refractivity contribution < 1.29 is 18.7 Å². The van der Waals surface area contributed by atoms with E-state index in [4.69, 9.17) is 9.47 Å². The Morgan fingerprint density at radius 1 is 1.38 bits per heavy atom. The molecule has 1 aromatic carbocycles. The third-order valence-electron chi connectivity index (χ3n) is 4.76. The lowest BCUT2D eigenvalue weighted by Crippen LogP contribution is -2.50. The Bertz CT molecular complexity index is 579. The van der Waals surface area contributed by atoms with Gasteiger partial charge < -0.3 is 14.4 Å². The molecule has 0 saturated carbocycles. The number of ether oxygens (including phenoxy) is 2. The summed E-state index contributed by atoms with van der Waals surface area (Å²) in [6, 6.07) is 5.17. The first kappa shape index (κ1) is 18.7. The number of nitrogens with zero attached hydrogens (tertiary/aromatic N) is 2. The average molecular weight is 338 g/mol. The molecule has 1 atom stereocenters. The molecule has 1 saturated heterocycles. The lowest BCUT2D eigenvalue weighted by molar-refractivity contribution is -0.132. The molecule has 134 valence electrons. The van der Waals surface area contributed by atoms with Crippen molar-refractivity contribution in [1.29, 1.82) is 0 Å². The normalized spacial score (nSPS) is 21.0. The third-order valence-corrected chi connectivity index (χ3v) is 4.76. The van der Waals surface area contributed by atoms with Gasteiger partial charge in [0.25, 0.3) is 0 Å². The zero-order valence-corrected chi connectivity index (χ0v) is 15.0. The van der Waals surface area contributed by atoms with Crippen LogP contribution in [-0.2, 0) is 16.1 Å². The van der Waals surface area contributed by atoms with E-state index in [1.165, 1.54) is 7.11 Å². The topological polar surface area (TPSA) is 42.0 Å². The Labute approximate surface area is 143 Å². The van der Waals surface area contributed by atoms with Crippen LogP contribution in [0.25, 0.3) is 0 Å². The summed E-state index contributed by atoms with van der Waals surface area (Å²) in [5.74, 6) is -0.0318. The van der Waals surface area contributed by atoms with Crippen molar-refractivity contribution in [3.05, 3.63) is 29.6 Å². The van der Waals surface area contributed by atoms with E-state index < -0.39 is 0 Å². The summed E-state index contributed by atoms with van der Waals surface area (Å²) < 4.78 is 25.0. The van der Waals surface area contributed by atoms with E-state index in [-0.39, 0.29) is 23.0 Å². The number of carbonyl (C=O) groups is 1. The van der Waals surface area contributed by atoms with Crippen LogP contribution >= 0.6 is 0 Å². The second kappa shape index (κ2) is 7.94. The highest BCUT2D eigenvalue weighted by Gasteiger charge is 2.43. The van der Waals surface area contributed by atoms with Gasteiger partial charge in [0.2, 0.25) is 5.91 Å². The average Bonchev–Trinajstić information content (AvgIpc) is 2.92. The predicted molar refractivity (Wildman–Crippen MR) is 90.5 cm³/mol. The number of methoxy groups -OCH3 is 2. The van der Waals surface area contributed by atoms with Crippen LogP contribution in [0.5, 0.6) is 5.75 Å². The summed E-state index contributed by atoms with van der Waals surface area (Å²) in [7, 11) is 6.61. The Morgan fingerprint density at radius 2 is 2.12 bits per heavy atom. The van der Waals surface area contributed by atoms with Crippen LogP contribution in [0.1, 0.15) is 24.8 Å². The summed E-state index contributed by atoms with van der Waals surface area (Å²) in [5.41, 5.74) is 0.194. The fourth-order valence-corrected chi connectivity index (χ4v) is 3.41. The molecule has 0 radical (unpaired) electrons. The standard InChI is InChI=1S/C18H27FN2O3/c1-20(2)16(22)11-18(13-23-3)9-6-10-21(18)12-14-7-5-8-15(24-4)17(14)19/h5,7-8H,6,9-13H2,1-4H3/t18-/m1/s1. The Hall–Kier alpha value is -1.66. The number of rotatable bonds is 7. The van der Waals surface area contributed by atoms with Crippen LogP contribution in [0.4, 0.5) is 4.39 Å². The number of likely N-dealkylation sites (tertiary alicyclic amines) is 1. The molecule has 1 aliphatic heterocycles. The molecule has 1 fully saturated rings. The molecule has 0 bridgehead atoms. The van der Waals surface area contributed by atoms with Crippen LogP contribution < -0.4 is 4.74 Å². The summed E-state index contributed by atoms with van der Waals surface area (Å²) >= 11 is 0. The van der Waals surface area contributed by atoms with Crippen LogP contribution in [0.3, 0.4) is 0 Å². The molecule has 0 unspecified atom stereocenters. The highest BCUT2D eigenvalue weighted by Crippen LogP contribution is 2.35. The van der Waals surface area contributed by atoms with Gasteiger partial charge in [0.1, 0.15) is 0 Å². The summed E-state index contributed by atoms with van der Waals surface area (Å²) in [6.07, 6.45) is 2.21. The zero-order chi connectivity index (χ0) is 17.7. The highest BCUT2D eigenvalue weighted by atomic mass is 19.1. The van der Waals surface area contributed by atoms with Gasteiger partial charge >= 0.3 is 0 Å². The molecule has 2 rings (SSSR count). The van der Waals surface area contributed by atoms with E-state index in [1.54, 1.807) is 44.3 Å². The quantitative estimate of drug-likeness (QED) is 0.765. The first-order valence-electron chi connectivity index (χ1n) is 8.19. The zero-order valence-electron chi connectivity index (χ0n) is 15.0. The minimum absolute atomic E-state index is 0.0602. The van der Waals surface area contributed by atoms with Gasteiger partial charge in [-0.2, -0.15) is 0 Å². The smallest absolute Gasteiger partial charge is 0.224 e. The van der Waals surface area contributed by atoms with E-state index in [0.29, 0.717) is 25.1 Å². The minimum Gasteiger partial charge on any atom is -0.494 e. The molecule has 0 spiro atoms. The lowest BCUT2D eigenvalue weighted by Gasteiger charge is -2.38. The summed E-state index contributed by atoms with van der Waals surface area (Å²) in [6.45, 7) is 1.71. The number of carbonyl (C=O) groups excluding carboxylic acids is 1. The Morgan fingerprint density at radius 3 is 2.75 bits per heavy atom. The van der Waals surface area contributed by atoms with Crippen LogP contribution in [0.15, 0.2) is 18.2 Å². The van der Waals surface area contributed by atoms with E-state index in [1.807, 2.05) is 0 Å². The largest absolute Gasteiger partial charge is 0.494 e. The second-order valence-electron chi connectivity index (χ2n) is 6.58. The van der Waals surface area contributed by atoms with Crippen molar-refractivity contribution in [2.75, 3.05) is 41.5 Å². The Balaban J connectivity index is 2.25. The number of halogens is 1. The highest BCUT2D eigenvalue weighted by molar-refractivity contribution is 5.77. The molecule has 0 aliphatic carbocycles. The van der Waals surface area contributed by atoms with Crippen molar-refractivity contribution in [3.8, 4) is 5.75 Å².